The summed E-state index contributed by atoms with van der Waals surface area (Å²) in [6.45, 7) is 1.21. The van der Waals surface area contributed by atoms with Crippen LogP contribution in [0.5, 0.6) is 0 Å². The first kappa shape index (κ1) is 20.8. The third-order valence-corrected chi connectivity index (χ3v) is 4.99. The fourth-order valence-corrected chi connectivity index (χ4v) is 3.32. The van der Waals surface area contributed by atoms with Crippen molar-refractivity contribution in [2.75, 3.05) is 17.1 Å². The Hall–Kier alpha value is -2.55. The number of carbonyl (C=O) groups is 1. The molecule has 0 radical (unpaired) electrons. The number of halogens is 3. The Morgan fingerprint density at radius 2 is 1.63 bits per heavy atom. The Kier molecular flexibility index (Phi) is 6.15. The molecule has 0 fully saturated rings. The summed E-state index contributed by atoms with van der Waals surface area (Å²) >= 11 is 0. The molecular weight excluding hydrogens is 381 g/mol. The minimum absolute atomic E-state index is 0.0204. The molecule has 0 unspecified atom stereocenters. The van der Waals surface area contributed by atoms with E-state index in [0.717, 1.165) is 40.4 Å². The highest BCUT2D eigenvalue weighted by Gasteiger charge is 2.31. The van der Waals surface area contributed by atoms with Gasteiger partial charge in [0, 0.05) is 0 Å². The summed E-state index contributed by atoms with van der Waals surface area (Å²) in [5.41, 5.74) is -0.0823. The van der Waals surface area contributed by atoms with Gasteiger partial charge in [-0.1, -0.05) is 30.3 Å². The third-order valence-electron chi connectivity index (χ3n) is 3.85. The fraction of sp³-hybridized carbons (Fsp3) is 0.278. The number of nitrogens with one attached hydrogen (secondary N) is 1. The average molecular weight is 400 g/mol. The lowest BCUT2D eigenvalue weighted by Gasteiger charge is -2.23. The van der Waals surface area contributed by atoms with E-state index in [4.69, 9.17) is 0 Å². The predicted octanol–water partition coefficient (Wildman–Crippen LogP) is 3.35. The standard InChI is InChI=1S/C18H19F3N2O3S/c1-13(14-6-4-3-5-7-14)22-17(24)12-23(27(2,25)26)16-10-8-15(9-11-16)18(19,20)21/h3-11,13H,12H2,1-2H3,(H,22,24)/t13-/m1/s1. The van der Waals surface area contributed by atoms with Crippen molar-refractivity contribution in [1.29, 1.82) is 0 Å². The van der Waals surface area contributed by atoms with Crippen LogP contribution in [0.1, 0.15) is 24.1 Å². The average Bonchev–Trinajstić information content (AvgIpc) is 2.59. The van der Waals surface area contributed by atoms with E-state index in [-0.39, 0.29) is 11.7 Å². The number of benzene rings is 2. The van der Waals surface area contributed by atoms with E-state index < -0.39 is 34.2 Å². The molecule has 9 heteroatoms. The Labute approximate surface area is 155 Å². The second-order valence-corrected chi connectivity index (χ2v) is 7.92. The third kappa shape index (κ3) is 5.72. The highest BCUT2D eigenvalue weighted by atomic mass is 32.2. The van der Waals surface area contributed by atoms with Crippen molar-refractivity contribution < 1.29 is 26.4 Å². The fourth-order valence-electron chi connectivity index (χ4n) is 2.46. The number of anilines is 1. The number of carbonyl (C=O) groups excluding carboxylic acids is 1. The van der Waals surface area contributed by atoms with Gasteiger partial charge in [-0.15, -0.1) is 0 Å². The summed E-state index contributed by atoms with van der Waals surface area (Å²) in [7, 11) is -3.87. The maximum absolute atomic E-state index is 12.7. The molecule has 0 spiro atoms. The Morgan fingerprint density at radius 3 is 2.11 bits per heavy atom. The van der Waals surface area contributed by atoms with Crippen LogP contribution in [0.3, 0.4) is 0 Å². The number of amides is 1. The van der Waals surface area contributed by atoms with E-state index in [1.807, 2.05) is 30.3 Å². The van der Waals surface area contributed by atoms with E-state index in [9.17, 15) is 26.4 Å². The minimum Gasteiger partial charge on any atom is -0.348 e. The van der Waals surface area contributed by atoms with Crippen LogP contribution in [0, 0.1) is 0 Å². The lowest BCUT2D eigenvalue weighted by atomic mass is 10.1. The van der Waals surface area contributed by atoms with Gasteiger partial charge in [-0.25, -0.2) is 8.42 Å². The maximum Gasteiger partial charge on any atom is 0.416 e. The summed E-state index contributed by atoms with van der Waals surface area (Å²) in [6.07, 6.45) is -3.64. The van der Waals surface area contributed by atoms with Crippen LogP contribution in [0.25, 0.3) is 0 Å². The molecule has 1 atom stereocenters. The van der Waals surface area contributed by atoms with Crippen LogP contribution in [-0.2, 0) is 21.0 Å². The minimum atomic E-state index is -4.53. The first-order chi connectivity index (χ1) is 12.5. The number of hydrogen-bond acceptors (Lipinski definition) is 3. The van der Waals surface area contributed by atoms with Gasteiger partial charge in [0.15, 0.2) is 0 Å². The molecule has 0 aliphatic carbocycles. The first-order valence-corrected chi connectivity index (χ1v) is 9.82. The van der Waals surface area contributed by atoms with E-state index >= 15 is 0 Å². The second-order valence-electron chi connectivity index (χ2n) is 6.01. The lowest BCUT2D eigenvalue weighted by molar-refractivity contribution is -0.137. The van der Waals surface area contributed by atoms with Crippen molar-refractivity contribution in [2.24, 2.45) is 0 Å². The molecule has 1 N–H and O–H groups in total. The van der Waals surface area contributed by atoms with Gasteiger partial charge in [-0.3, -0.25) is 9.10 Å². The van der Waals surface area contributed by atoms with Crippen molar-refractivity contribution in [3.63, 3.8) is 0 Å². The molecule has 0 aliphatic heterocycles. The van der Waals surface area contributed by atoms with Gasteiger partial charge in [-0.05, 0) is 36.8 Å². The van der Waals surface area contributed by atoms with Gasteiger partial charge < -0.3 is 5.32 Å². The van der Waals surface area contributed by atoms with Crippen LogP contribution in [-0.4, -0.2) is 27.1 Å². The SMILES string of the molecule is C[C@@H](NC(=O)CN(c1ccc(C(F)(F)F)cc1)S(C)(=O)=O)c1ccccc1. The summed E-state index contributed by atoms with van der Waals surface area (Å²) in [4.78, 5) is 12.3. The van der Waals surface area contributed by atoms with Crippen molar-refractivity contribution in [1.82, 2.24) is 5.32 Å². The van der Waals surface area contributed by atoms with Gasteiger partial charge in [0.25, 0.3) is 0 Å². The van der Waals surface area contributed by atoms with Gasteiger partial charge >= 0.3 is 6.18 Å². The van der Waals surface area contributed by atoms with Crippen LogP contribution < -0.4 is 9.62 Å². The number of alkyl halides is 3. The lowest BCUT2D eigenvalue weighted by Crippen LogP contribution is -2.41. The molecule has 0 saturated heterocycles. The molecule has 0 aliphatic rings. The molecule has 0 heterocycles. The molecule has 2 aromatic carbocycles. The highest BCUT2D eigenvalue weighted by Crippen LogP contribution is 2.31. The topological polar surface area (TPSA) is 66.5 Å². The molecule has 0 bridgehead atoms. The van der Waals surface area contributed by atoms with Gasteiger partial charge in [0.2, 0.25) is 15.9 Å². The highest BCUT2D eigenvalue weighted by molar-refractivity contribution is 7.92. The van der Waals surface area contributed by atoms with Crippen LogP contribution in [0.4, 0.5) is 18.9 Å². The van der Waals surface area contributed by atoms with Gasteiger partial charge in [-0.2, -0.15) is 13.2 Å². The number of nitrogens with zero attached hydrogens (tertiary/aromatic N) is 1. The molecule has 146 valence electrons. The zero-order valence-corrected chi connectivity index (χ0v) is 15.5. The van der Waals surface area contributed by atoms with Gasteiger partial charge in [0.05, 0.1) is 23.5 Å². The molecule has 0 saturated carbocycles. The van der Waals surface area contributed by atoms with E-state index in [1.165, 1.54) is 0 Å². The zero-order valence-electron chi connectivity index (χ0n) is 14.7. The zero-order chi connectivity index (χ0) is 20.2. The normalized spacial score (nSPS) is 13.1. The van der Waals surface area contributed by atoms with E-state index in [2.05, 4.69) is 5.32 Å². The van der Waals surface area contributed by atoms with Crippen molar-refractivity contribution >= 4 is 21.6 Å². The maximum atomic E-state index is 12.7. The summed E-state index contributed by atoms with van der Waals surface area (Å²) in [6, 6.07) is 12.3. The summed E-state index contributed by atoms with van der Waals surface area (Å²) in [5, 5.41) is 2.68. The summed E-state index contributed by atoms with van der Waals surface area (Å²) < 4.78 is 62.8. The molecule has 1 amide bonds. The van der Waals surface area contributed by atoms with Crippen molar-refractivity contribution in [3.05, 3.63) is 65.7 Å². The quantitative estimate of drug-likeness (QED) is 0.809. The van der Waals surface area contributed by atoms with Crippen molar-refractivity contribution in [3.8, 4) is 0 Å². The molecule has 0 aromatic heterocycles. The Morgan fingerprint density at radius 1 is 1.07 bits per heavy atom. The number of hydrogen-bond donors (Lipinski definition) is 1. The van der Waals surface area contributed by atoms with Crippen molar-refractivity contribution in [2.45, 2.75) is 19.1 Å². The van der Waals surface area contributed by atoms with E-state index in [0.29, 0.717) is 0 Å². The van der Waals surface area contributed by atoms with E-state index in [1.54, 1.807) is 6.92 Å². The molecule has 5 nitrogen and oxygen atoms in total. The molecule has 2 rings (SSSR count). The molecule has 27 heavy (non-hydrogen) atoms. The Bertz CT molecular complexity index is 882. The number of sulfonamides is 1. The largest absolute Gasteiger partial charge is 0.416 e. The predicted molar refractivity (Wildman–Crippen MR) is 96.6 cm³/mol. The number of rotatable bonds is 6. The smallest absolute Gasteiger partial charge is 0.348 e. The van der Waals surface area contributed by atoms with Crippen LogP contribution in [0.15, 0.2) is 54.6 Å². The second kappa shape index (κ2) is 7.99. The summed E-state index contributed by atoms with van der Waals surface area (Å²) in [5.74, 6) is -0.573. The van der Waals surface area contributed by atoms with Gasteiger partial charge in [0.1, 0.15) is 6.54 Å². The van der Waals surface area contributed by atoms with Crippen LogP contribution in [0.2, 0.25) is 0 Å². The first-order valence-electron chi connectivity index (χ1n) is 7.98. The molecule has 2 aromatic rings. The Balaban J connectivity index is 2.16. The monoisotopic (exact) mass is 400 g/mol. The van der Waals surface area contributed by atoms with Crippen LogP contribution >= 0.6 is 0 Å². The molecular formula is C18H19F3N2O3S.